The fraction of sp³-hybridized carbons (Fsp3) is 0.533. The molecule has 1 aromatic carbocycles. The highest BCUT2D eigenvalue weighted by Gasteiger charge is 2.65. The summed E-state index contributed by atoms with van der Waals surface area (Å²) in [5.74, 6) is -0.461. The van der Waals surface area contributed by atoms with Crippen molar-refractivity contribution in [1.82, 2.24) is 0 Å². The van der Waals surface area contributed by atoms with E-state index < -0.39 is 5.79 Å². The van der Waals surface area contributed by atoms with Crippen molar-refractivity contribution in [3.8, 4) is 0 Å². The Bertz CT molecular complexity index is 492. The van der Waals surface area contributed by atoms with Crippen molar-refractivity contribution >= 4 is 5.78 Å². The van der Waals surface area contributed by atoms with E-state index in [9.17, 15) is 4.79 Å². The average molecular weight is 260 g/mol. The highest BCUT2D eigenvalue weighted by atomic mass is 16.8. The number of carbonyl (C=O) groups excluding carboxylic acids is 1. The topological polar surface area (TPSA) is 44.8 Å². The Hall–Kier alpha value is -1.23. The van der Waals surface area contributed by atoms with Crippen molar-refractivity contribution in [1.29, 1.82) is 0 Å². The van der Waals surface area contributed by atoms with Gasteiger partial charge in [0.2, 0.25) is 5.79 Å². The first-order valence-corrected chi connectivity index (χ1v) is 6.80. The van der Waals surface area contributed by atoms with Gasteiger partial charge in [-0.3, -0.25) is 4.79 Å². The van der Waals surface area contributed by atoms with Crippen LogP contribution >= 0.6 is 0 Å². The van der Waals surface area contributed by atoms with E-state index in [1.54, 1.807) is 0 Å². The van der Waals surface area contributed by atoms with E-state index in [4.69, 9.17) is 14.2 Å². The van der Waals surface area contributed by atoms with Gasteiger partial charge >= 0.3 is 0 Å². The molecular formula is C15H16O4. The zero-order valence-electron chi connectivity index (χ0n) is 10.6. The van der Waals surface area contributed by atoms with Crippen molar-refractivity contribution < 1.29 is 19.0 Å². The zero-order chi connectivity index (χ0) is 12.9. The summed E-state index contributed by atoms with van der Waals surface area (Å²) in [7, 11) is 0. The number of rotatable bonds is 2. The molecule has 1 aliphatic carbocycles. The van der Waals surface area contributed by atoms with Gasteiger partial charge in [-0.05, 0) is 6.42 Å². The van der Waals surface area contributed by atoms with Crippen molar-refractivity contribution in [2.45, 2.75) is 18.3 Å². The molecule has 0 radical (unpaired) electrons. The van der Waals surface area contributed by atoms with Crippen LogP contribution in [0.2, 0.25) is 0 Å². The van der Waals surface area contributed by atoms with Gasteiger partial charge in [0.1, 0.15) is 6.10 Å². The maximum absolute atomic E-state index is 12.6. The third kappa shape index (κ3) is 1.54. The molecule has 3 fully saturated rings. The standard InChI is InChI=1S/C15H16O4/c16-14(10-4-2-1-3-5-10)11-8-13-15(12(11)9-17-13)18-6-7-19-15/h1-5,11-13H,6-9H2. The summed E-state index contributed by atoms with van der Waals surface area (Å²) in [6.45, 7) is 1.76. The van der Waals surface area contributed by atoms with Crippen LogP contribution in [0, 0.1) is 11.8 Å². The van der Waals surface area contributed by atoms with Crippen molar-refractivity contribution in [3.05, 3.63) is 35.9 Å². The van der Waals surface area contributed by atoms with Gasteiger partial charge in [-0.1, -0.05) is 30.3 Å². The van der Waals surface area contributed by atoms with Crippen molar-refractivity contribution in [2.75, 3.05) is 19.8 Å². The van der Waals surface area contributed by atoms with Crippen LogP contribution in [0.3, 0.4) is 0 Å². The molecule has 2 saturated heterocycles. The molecule has 0 N–H and O–H groups in total. The van der Waals surface area contributed by atoms with Gasteiger partial charge in [-0.25, -0.2) is 0 Å². The van der Waals surface area contributed by atoms with E-state index in [0.717, 1.165) is 5.56 Å². The van der Waals surface area contributed by atoms with Gasteiger partial charge in [-0.2, -0.15) is 0 Å². The molecule has 1 saturated carbocycles. The third-order valence-electron chi connectivity index (χ3n) is 4.53. The molecule has 4 nitrogen and oxygen atoms in total. The first kappa shape index (κ1) is 11.6. The fourth-order valence-corrected chi connectivity index (χ4v) is 3.66. The molecule has 2 heterocycles. The smallest absolute Gasteiger partial charge is 0.200 e. The van der Waals surface area contributed by atoms with Gasteiger partial charge in [0.15, 0.2) is 5.78 Å². The monoisotopic (exact) mass is 260 g/mol. The largest absolute Gasteiger partial charge is 0.372 e. The Kier molecular flexibility index (Phi) is 2.52. The second-order valence-electron chi connectivity index (χ2n) is 5.42. The van der Waals surface area contributed by atoms with Crippen molar-refractivity contribution in [3.63, 3.8) is 0 Å². The van der Waals surface area contributed by atoms with E-state index in [1.807, 2.05) is 30.3 Å². The lowest BCUT2D eigenvalue weighted by molar-refractivity contribution is -0.190. The molecule has 2 aliphatic heterocycles. The molecule has 2 bridgehead atoms. The molecule has 0 amide bonds. The predicted molar refractivity (Wildman–Crippen MR) is 66.7 cm³/mol. The average Bonchev–Trinajstić information content (AvgIpc) is 3.16. The Labute approximate surface area is 111 Å². The predicted octanol–water partition coefficient (Wildman–Crippen LogP) is 1.65. The minimum Gasteiger partial charge on any atom is -0.372 e. The van der Waals surface area contributed by atoms with Gasteiger partial charge in [-0.15, -0.1) is 0 Å². The molecule has 3 aliphatic rings. The molecule has 4 heteroatoms. The molecule has 1 aromatic rings. The lowest BCUT2D eigenvalue weighted by Gasteiger charge is -2.26. The van der Waals surface area contributed by atoms with Crippen LogP contribution in [-0.4, -0.2) is 37.5 Å². The molecular weight excluding hydrogens is 244 g/mol. The summed E-state index contributed by atoms with van der Waals surface area (Å²) in [6, 6.07) is 9.46. The molecule has 1 spiro atoms. The minimum absolute atomic E-state index is 0.0349. The third-order valence-corrected chi connectivity index (χ3v) is 4.53. The Morgan fingerprint density at radius 1 is 1.16 bits per heavy atom. The first-order chi connectivity index (χ1) is 9.31. The summed E-state index contributed by atoms with van der Waals surface area (Å²) in [5, 5.41) is 0. The van der Waals surface area contributed by atoms with Gasteiger partial charge in [0, 0.05) is 17.4 Å². The lowest BCUT2D eigenvalue weighted by atomic mass is 9.87. The Morgan fingerprint density at radius 2 is 1.89 bits per heavy atom. The van der Waals surface area contributed by atoms with Crippen LogP contribution in [0.15, 0.2) is 30.3 Å². The van der Waals surface area contributed by atoms with E-state index in [2.05, 4.69) is 0 Å². The van der Waals surface area contributed by atoms with E-state index in [1.165, 1.54) is 0 Å². The van der Waals surface area contributed by atoms with Gasteiger partial charge < -0.3 is 14.2 Å². The number of Topliss-reactive ketones (excluding diaryl/α,β-unsaturated/α-hetero) is 1. The van der Waals surface area contributed by atoms with Crippen LogP contribution in [0.4, 0.5) is 0 Å². The van der Waals surface area contributed by atoms with Gasteiger partial charge in [0.25, 0.3) is 0 Å². The number of carbonyl (C=O) groups is 1. The summed E-state index contributed by atoms with van der Waals surface area (Å²) < 4.78 is 17.3. The molecule has 100 valence electrons. The van der Waals surface area contributed by atoms with E-state index >= 15 is 0 Å². The highest BCUT2D eigenvalue weighted by Crippen LogP contribution is 2.53. The van der Waals surface area contributed by atoms with Crippen LogP contribution in [-0.2, 0) is 14.2 Å². The van der Waals surface area contributed by atoms with Crippen LogP contribution in [0.25, 0.3) is 0 Å². The van der Waals surface area contributed by atoms with E-state index in [-0.39, 0.29) is 23.7 Å². The fourth-order valence-electron chi connectivity index (χ4n) is 3.66. The summed E-state index contributed by atoms with van der Waals surface area (Å²) in [4.78, 5) is 12.6. The van der Waals surface area contributed by atoms with Crippen molar-refractivity contribution in [2.24, 2.45) is 11.8 Å². The quantitative estimate of drug-likeness (QED) is 0.758. The normalized spacial score (nSPS) is 35.1. The first-order valence-electron chi connectivity index (χ1n) is 6.80. The maximum atomic E-state index is 12.6. The number of ether oxygens (including phenoxy) is 3. The number of hydrogen-bond donors (Lipinski definition) is 0. The molecule has 3 atom stereocenters. The lowest BCUT2D eigenvalue weighted by Crippen LogP contribution is -2.40. The molecule has 3 unspecified atom stereocenters. The molecule has 19 heavy (non-hydrogen) atoms. The van der Waals surface area contributed by atoms with Gasteiger partial charge in [0.05, 0.1) is 19.8 Å². The van der Waals surface area contributed by atoms with Crippen LogP contribution < -0.4 is 0 Å². The Balaban J connectivity index is 1.63. The summed E-state index contributed by atoms with van der Waals surface area (Å²) >= 11 is 0. The number of hydrogen-bond acceptors (Lipinski definition) is 4. The number of ketones is 1. The molecule has 4 rings (SSSR count). The summed E-state index contributed by atoms with van der Waals surface area (Å²) in [6.07, 6.45) is 0.621. The molecule has 0 aromatic heterocycles. The number of benzene rings is 1. The highest BCUT2D eigenvalue weighted by molar-refractivity contribution is 5.98. The second-order valence-corrected chi connectivity index (χ2v) is 5.42. The second kappa shape index (κ2) is 4.13. The van der Waals surface area contributed by atoms with E-state index in [0.29, 0.717) is 26.2 Å². The zero-order valence-corrected chi connectivity index (χ0v) is 10.6. The minimum atomic E-state index is -0.644. The van der Waals surface area contributed by atoms with Crippen LogP contribution in [0.5, 0.6) is 0 Å². The maximum Gasteiger partial charge on any atom is 0.200 e. The SMILES string of the molecule is O=C(c1ccccc1)C1CC2OCC1C21OCCO1. The summed E-state index contributed by atoms with van der Waals surface area (Å²) in [5.41, 5.74) is 0.771. The van der Waals surface area contributed by atoms with Crippen LogP contribution in [0.1, 0.15) is 16.8 Å². The Morgan fingerprint density at radius 3 is 2.63 bits per heavy atom.